The summed E-state index contributed by atoms with van der Waals surface area (Å²) in [6.45, 7) is 9.46. The topological polar surface area (TPSA) is 44.4 Å². The van der Waals surface area contributed by atoms with E-state index in [0.29, 0.717) is 6.42 Å². The summed E-state index contributed by atoms with van der Waals surface area (Å²) < 4.78 is 0. The molecule has 1 rings (SSSR count). The smallest absolute Gasteiger partial charge is 0.221 e. The highest BCUT2D eigenvalue weighted by Gasteiger charge is 2.10. The van der Waals surface area contributed by atoms with Gasteiger partial charge in [-0.2, -0.15) is 0 Å². The molecule has 1 atom stereocenters. The lowest BCUT2D eigenvalue weighted by Crippen LogP contribution is -2.36. The lowest BCUT2D eigenvalue weighted by molar-refractivity contribution is -0.121. The van der Waals surface area contributed by atoms with Crippen LogP contribution in [0.15, 0.2) is 0 Å². The number of piperidine rings is 1. The minimum Gasteiger partial charge on any atom is -0.356 e. The Labute approximate surface area is 111 Å². The molecule has 1 amide bonds. The van der Waals surface area contributed by atoms with Crippen LogP contribution in [0.25, 0.3) is 0 Å². The van der Waals surface area contributed by atoms with Gasteiger partial charge in [0.25, 0.3) is 0 Å². The van der Waals surface area contributed by atoms with Gasteiger partial charge in [0.2, 0.25) is 5.91 Å². The van der Waals surface area contributed by atoms with Crippen molar-refractivity contribution in [2.24, 2.45) is 0 Å². The molecule has 0 aromatic heterocycles. The maximum atomic E-state index is 11.6. The van der Waals surface area contributed by atoms with Gasteiger partial charge in [0.05, 0.1) is 0 Å². The molecule has 1 fully saturated rings. The molecule has 1 unspecified atom stereocenters. The van der Waals surface area contributed by atoms with Gasteiger partial charge in [-0.05, 0) is 52.4 Å². The second-order valence-corrected chi connectivity index (χ2v) is 5.27. The third-order valence-electron chi connectivity index (χ3n) is 3.47. The molecular formula is C14H29N3O. The Kier molecular flexibility index (Phi) is 8.01. The highest BCUT2D eigenvalue weighted by molar-refractivity contribution is 5.76. The summed E-state index contributed by atoms with van der Waals surface area (Å²) >= 11 is 0. The molecule has 1 saturated heterocycles. The number of amides is 1. The van der Waals surface area contributed by atoms with Gasteiger partial charge in [-0.1, -0.05) is 13.3 Å². The molecule has 18 heavy (non-hydrogen) atoms. The first-order chi connectivity index (χ1) is 8.72. The molecule has 106 valence electrons. The Morgan fingerprint density at radius 3 is 2.67 bits per heavy atom. The average Bonchev–Trinajstić information content (AvgIpc) is 2.36. The van der Waals surface area contributed by atoms with Crippen LogP contribution in [0.4, 0.5) is 0 Å². The fourth-order valence-corrected chi connectivity index (χ4v) is 2.48. The van der Waals surface area contributed by atoms with Crippen molar-refractivity contribution < 1.29 is 4.79 Å². The van der Waals surface area contributed by atoms with Crippen molar-refractivity contribution in [2.45, 2.75) is 52.0 Å². The van der Waals surface area contributed by atoms with Crippen LogP contribution in [0.2, 0.25) is 0 Å². The summed E-state index contributed by atoms with van der Waals surface area (Å²) in [7, 11) is 0. The van der Waals surface area contributed by atoms with Gasteiger partial charge in [-0.15, -0.1) is 0 Å². The molecule has 0 bridgehead atoms. The van der Waals surface area contributed by atoms with E-state index >= 15 is 0 Å². The Hall–Kier alpha value is -0.610. The van der Waals surface area contributed by atoms with Crippen LogP contribution in [-0.2, 0) is 4.79 Å². The molecule has 1 aliphatic heterocycles. The Morgan fingerprint density at radius 1 is 1.28 bits per heavy atom. The number of carbonyl (C=O) groups excluding carboxylic acids is 1. The van der Waals surface area contributed by atoms with E-state index in [9.17, 15) is 4.79 Å². The average molecular weight is 255 g/mol. The molecule has 0 saturated carbocycles. The van der Waals surface area contributed by atoms with Gasteiger partial charge in [0.1, 0.15) is 0 Å². The van der Waals surface area contributed by atoms with Crippen LogP contribution in [0, 0.1) is 0 Å². The van der Waals surface area contributed by atoms with Crippen molar-refractivity contribution in [1.82, 2.24) is 15.5 Å². The fourth-order valence-electron chi connectivity index (χ4n) is 2.48. The van der Waals surface area contributed by atoms with Crippen LogP contribution in [0.1, 0.15) is 46.0 Å². The number of likely N-dealkylation sites (tertiary alicyclic amines) is 1. The number of nitrogens with one attached hydrogen (secondary N) is 2. The highest BCUT2D eigenvalue weighted by atomic mass is 16.1. The van der Waals surface area contributed by atoms with E-state index in [1.54, 1.807) is 0 Å². The van der Waals surface area contributed by atoms with Gasteiger partial charge in [0, 0.05) is 19.0 Å². The molecule has 1 aliphatic rings. The Balaban J connectivity index is 1.97. The first-order valence-electron chi connectivity index (χ1n) is 7.44. The summed E-state index contributed by atoms with van der Waals surface area (Å²) in [4.78, 5) is 14.1. The van der Waals surface area contributed by atoms with Crippen molar-refractivity contribution in [3.8, 4) is 0 Å². The van der Waals surface area contributed by atoms with Crippen molar-refractivity contribution in [1.29, 1.82) is 0 Å². The number of nitrogens with zero attached hydrogens (tertiary/aromatic N) is 1. The lowest BCUT2D eigenvalue weighted by atomic mass is 10.1. The van der Waals surface area contributed by atoms with Crippen LogP contribution >= 0.6 is 0 Å². The van der Waals surface area contributed by atoms with E-state index in [1.807, 2.05) is 0 Å². The highest BCUT2D eigenvalue weighted by Crippen LogP contribution is 2.08. The first kappa shape index (κ1) is 15.4. The number of hydrogen-bond donors (Lipinski definition) is 2. The van der Waals surface area contributed by atoms with Gasteiger partial charge >= 0.3 is 0 Å². The van der Waals surface area contributed by atoms with Gasteiger partial charge < -0.3 is 15.5 Å². The quantitative estimate of drug-likeness (QED) is 0.644. The summed E-state index contributed by atoms with van der Waals surface area (Å²) in [5, 5.41) is 6.26. The second-order valence-electron chi connectivity index (χ2n) is 5.27. The van der Waals surface area contributed by atoms with E-state index in [1.165, 1.54) is 32.4 Å². The van der Waals surface area contributed by atoms with Crippen molar-refractivity contribution >= 4 is 5.91 Å². The largest absolute Gasteiger partial charge is 0.356 e. The maximum absolute atomic E-state index is 11.6. The zero-order chi connectivity index (χ0) is 13.2. The summed E-state index contributed by atoms with van der Waals surface area (Å²) in [6.07, 6.45) is 5.72. The second kappa shape index (κ2) is 9.34. The van der Waals surface area contributed by atoms with E-state index < -0.39 is 0 Å². The standard InChI is InChI=1S/C14H29N3O/c1-3-15-13(2)12-14(18)16-8-7-11-17-9-5-4-6-10-17/h13,15H,3-12H2,1-2H3,(H,16,18). The molecule has 0 aromatic rings. The third kappa shape index (κ3) is 6.97. The summed E-state index contributed by atoms with van der Waals surface area (Å²) in [5.74, 6) is 0.169. The minimum absolute atomic E-state index is 0.169. The minimum atomic E-state index is 0.169. The molecule has 0 aromatic carbocycles. The van der Waals surface area contributed by atoms with E-state index in [-0.39, 0.29) is 11.9 Å². The zero-order valence-corrected chi connectivity index (χ0v) is 12.0. The number of rotatable bonds is 8. The monoisotopic (exact) mass is 255 g/mol. The van der Waals surface area contributed by atoms with Gasteiger partial charge in [-0.3, -0.25) is 4.79 Å². The van der Waals surface area contributed by atoms with Crippen LogP contribution in [0.3, 0.4) is 0 Å². The normalized spacial score (nSPS) is 18.6. The number of carbonyl (C=O) groups is 1. The van der Waals surface area contributed by atoms with E-state index in [0.717, 1.165) is 26.1 Å². The summed E-state index contributed by atoms with van der Waals surface area (Å²) in [5.41, 5.74) is 0. The van der Waals surface area contributed by atoms with Crippen LogP contribution < -0.4 is 10.6 Å². The molecule has 1 heterocycles. The number of hydrogen-bond acceptors (Lipinski definition) is 3. The Bertz CT molecular complexity index is 227. The molecular weight excluding hydrogens is 226 g/mol. The van der Waals surface area contributed by atoms with E-state index in [4.69, 9.17) is 0 Å². The Morgan fingerprint density at radius 2 is 2.00 bits per heavy atom. The molecule has 4 heteroatoms. The van der Waals surface area contributed by atoms with Crippen LogP contribution in [-0.4, -0.2) is 49.6 Å². The molecule has 2 N–H and O–H groups in total. The SMILES string of the molecule is CCNC(C)CC(=O)NCCCN1CCCCC1. The van der Waals surface area contributed by atoms with E-state index in [2.05, 4.69) is 29.4 Å². The summed E-state index contributed by atoms with van der Waals surface area (Å²) in [6, 6.07) is 0.275. The van der Waals surface area contributed by atoms with Crippen molar-refractivity contribution in [3.63, 3.8) is 0 Å². The zero-order valence-electron chi connectivity index (χ0n) is 12.0. The third-order valence-corrected chi connectivity index (χ3v) is 3.47. The van der Waals surface area contributed by atoms with Crippen molar-refractivity contribution in [3.05, 3.63) is 0 Å². The molecule has 0 radical (unpaired) electrons. The van der Waals surface area contributed by atoms with Crippen LogP contribution in [0.5, 0.6) is 0 Å². The van der Waals surface area contributed by atoms with Gasteiger partial charge in [-0.25, -0.2) is 0 Å². The molecule has 4 nitrogen and oxygen atoms in total. The first-order valence-corrected chi connectivity index (χ1v) is 7.44. The van der Waals surface area contributed by atoms with Gasteiger partial charge in [0.15, 0.2) is 0 Å². The lowest BCUT2D eigenvalue weighted by Gasteiger charge is -2.26. The predicted octanol–water partition coefficient (Wildman–Crippen LogP) is 1.37. The predicted molar refractivity (Wildman–Crippen MR) is 75.7 cm³/mol. The maximum Gasteiger partial charge on any atom is 0.221 e. The molecule has 0 aliphatic carbocycles. The molecule has 0 spiro atoms. The fraction of sp³-hybridized carbons (Fsp3) is 0.929. The van der Waals surface area contributed by atoms with Crippen molar-refractivity contribution in [2.75, 3.05) is 32.7 Å².